The fourth-order valence-corrected chi connectivity index (χ4v) is 3.35. The van der Waals surface area contributed by atoms with Gasteiger partial charge in [0.2, 0.25) is 5.91 Å². The van der Waals surface area contributed by atoms with Crippen molar-refractivity contribution in [2.45, 2.75) is 24.2 Å². The fraction of sp³-hybridized carbons (Fsp3) is 0.263. The minimum absolute atomic E-state index is 0.0912. The number of benzene rings is 2. The molecule has 0 radical (unpaired) electrons. The molecule has 0 aliphatic heterocycles. The predicted octanol–water partition coefficient (Wildman–Crippen LogP) is 3.47. The predicted molar refractivity (Wildman–Crippen MR) is 94.9 cm³/mol. The zero-order chi connectivity index (χ0) is 17.2. The number of halogens is 1. The largest absolute Gasteiger partial charge is 0.481 e. The van der Waals surface area contributed by atoms with Gasteiger partial charge in [-0.15, -0.1) is 0 Å². The normalized spacial score (nSPS) is 16.2. The molecule has 0 heterocycles. The molecule has 1 atom stereocenters. The molecular weight excluding hydrogens is 370 g/mol. The van der Waals surface area contributed by atoms with Crippen LogP contribution in [-0.2, 0) is 15.0 Å². The first-order valence-corrected chi connectivity index (χ1v) is 8.64. The van der Waals surface area contributed by atoms with Crippen LogP contribution in [-0.4, -0.2) is 23.5 Å². The molecule has 2 N–H and O–H groups in total. The van der Waals surface area contributed by atoms with Crippen molar-refractivity contribution in [3.8, 4) is 0 Å². The number of nitrogens with one attached hydrogen (secondary N) is 1. The molecule has 1 saturated carbocycles. The summed E-state index contributed by atoms with van der Waals surface area (Å²) in [5.74, 6) is -1.77. The molecule has 2 aromatic rings. The van der Waals surface area contributed by atoms with E-state index in [0.717, 1.165) is 22.9 Å². The molecule has 1 unspecified atom stereocenters. The molecule has 0 aromatic heterocycles. The summed E-state index contributed by atoms with van der Waals surface area (Å²) in [5.41, 5.74) is 1.15. The Hall–Kier alpha value is -2.14. The maximum absolute atomic E-state index is 12.7. The van der Waals surface area contributed by atoms with Gasteiger partial charge in [-0.2, -0.15) is 0 Å². The number of carboxylic acids is 1. The highest BCUT2D eigenvalue weighted by Crippen LogP contribution is 2.48. The van der Waals surface area contributed by atoms with Crippen LogP contribution in [0.15, 0.2) is 59.1 Å². The highest BCUT2D eigenvalue weighted by Gasteiger charge is 2.51. The van der Waals surface area contributed by atoms with E-state index in [2.05, 4.69) is 21.2 Å². The van der Waals surface area contributed by atoms with E-state index in [0.29, 0.717) is 5.56 Å². The molecular formula is C19H18BrNO3. The molecule has 1 amide bonds. The first kappa shape index (κ1) is 16.7. The van der Waals surface area contributed by atoms with Crippen molar-refractivity contribution in [3.63, 3.8) is 0 Å². The molecule has 1 aliphatic carbocycles. The molecule has 0 spiro atoms. The third kappa shape index (κ3) is 3.36. The van der Waals surface area contributed by atoms with E-state index >= 15 is 0 Å². The molecule has 1 aliphatic rings. The standard InChI is InChI=1S/C19H18BrNO3/c20-15-8-4-7-14(11-15)19(9-10-19)18(24)21-12-16(17(22)23)13-5-2-1-3-6-13/h1-8,11,16H,9-10,12H2,(H,21,24)(H,22,23). The zero-order valence-corrected chi connectivity index (χ0v) is 14.6. The van der Waals surface area contributed by atoms with Crippen molar-refractivity contribution in [1.82, 2.24) is 5.32 Å². The first-order valence-electron chi connectivity index (χ1n) is 7.85. The van der Waals surface area contributed by atoms with Crippen molar-refractivity contribution in [3.05, 3.63) is 70.2 Å². The first-order chi connectivity index (χ1) is 11.5. The van der Waals surface area contributed by atoms with Gasteiger partial charge < -0.3 is 10.4 Å². The van der Waals surface area contributed by atoms with Crippen molar-refractivity contribution in [2.24, 2.45) is 0 Å². The number of aliphatic carboxylic acids is 1. The summed E-state index contributed by atoms with van der Waals surface area (Å²) in [6.07, 6.45) is 1.58. The monoisotopic (exact) mass is 387 g/mol. The lowest BCUT2D eigenvalue weighted by molar-refractivity contribution is -0.138. The van der Waals surface area contributed by atoms with Crippen molar-refractivity contribution >= 4 is 27.8 Å². The van der Waals surface area contributed by atoms with Crippen molar-refractivity contribution in [2.75, 3.05) is 6.54 Å². The molecule has 1 fully saturated rings. The van der Waals surface area contributed by atoms with Crippen molar-refractivity contribution < 1.29 is 14.7 Å². The Bertz CT molecular complexity index is 756. The minimum atomic E-state index is -0.936. The van der Waals surface area contributed by atoms with E-state index in [-0.39, 0.29) is 12.5 Å². The second-order valence-corrected chi connectivity index (χ2v) is 7.02. The summed E-state index contributed by atoms with van der Waals surface area (Å²) in [5, 5.41) is 12.3. The van der Waals surface area contributed by atoms with E-state index in [1.807, 2.05) is 30.3 Å². The van der Waals surface area contributed by atoms with Crippen LogP contribution >= 0.6 is 15.9 Å². The smallest absolute Gasteiger partial charge is 0.312 e. The van der Waals surface area contributed by atoms with E-state index in [4.69, 9.17) is 0 Å². The highest BCUT2D eigenvalue weighted by molar-refractivity contribution is 9.10. The van der Waals surface area contributed by atoms with Gasteiger partial charge in [-0.05, 0) is 36.1 Å². The molecule has 124 valence electrons. The number of amides is 1. The van der Waals surface area contributed by atoms with Crippen LogP contribution in [0.5, 0.6) is 0 Å². The van der Waals surface area contributed by atoms with Crippen LogP contribution in [0.2, 0.25) is 0 Å². The average Bonchev–Trinajstić information content (AvgIpc) is 3.37. The average molecular weight is 388 g/mol. The van der Waals surface area contributed by atoms with Crippen LogP contribution in [0, 0.1) is 0 Å². The topological polar surface area (TPSA) is 66.4 Å². The van der Waals surface area contributed by atoms with Crippen LogP contribution in [0.3, 0.4) is 0 Å². The Morgan fingerprint density at radius 3 is 2.42 bits per heavy atom. The number of hydrogen-bond acceptors (Lipinski definition) is 2. The maximum atomic E-state index is 12.7. The summed E-state index contributed by atoms with van der Waals surface area (Å²) in [4.78, 5) is 24.2. The van der Waals surface area contributed by atoms with Gasteiger partial charge in [-0.3, -0.25) is 9.59 Å². The molecule has 24 heavy (non-hydrogen) atoms. The van der Waals surface area contributed by atoms with Gasteiger partial charge in [0.25, 0.3) is 0 Å². The number of carbonyl (C=O) groups excluding carboxylic acids is 1. The lowest BCUT2D eigenvalue weighted by atomic mass is 9.94. The Kier molecular flexibility index (Phi) is 4.71. The third-order valence-electron chi connectivity index (χ3n) is 4.53. The number of carboxylic acid groups (broad SMARTS) is 1. The van der Waals surface area contributed by atoms with Gasteiger partial charge in [-0.1, -0.05) is 58.4 Å². The minimum Gasteiger partial charge on any atom is -0.481 e. The molecule has 0 bridgehead atoms. The number of carbonyl (C=O) groups is 2. The number of rotatable bonds is 6. The van der Waals surface area contributed by atoms with E-state index in [1.54, 1.807) is 24.3 Å². The van der Waals surface area contributed by atoms with E-state index in [9.17, 15) is 14.7 Å². The SMILES string of the molecule is O=C(O)C(CNC(=O)C1(c2cccc(Br)c2)CC1)c1ccccc1. The Morgan fingerprint density at radius 1 is 1.12 bits per heavy atom. The Morgan fingerprint density at radius 2 is 1.83 bits per heavy atom. The van der Waals surface area contributed by atoms with Gasteiger partial charge in [0.1, 0.15) is 0 Å². The van der Waals surface area contributed by atoms with Gasteiger partial charge in [0, 0.05) is 11.0 Å². The fourth-order valence-electron chi connectivity index (χ4n) is 2.96. The van der Waals surface area contributed by atoms with E-state index < -0.39 is 17.3 Å². The summed E-state index contributed by atoms with van der Waals surface area (Å²) >= 11 is 3.43. The molecule has 4 nitrogen and oxygen atoms in total. The van der Waals surface area contributed by atoms with Gasteiger partial charge in [-0.25, -0.2) is 0 Å². The summed E-state index contributed by atoms with van der Waals surface area (Å²) < 4.78 is 0.937. The lowest BCUT2D eigenvalue weighted by Crippen LogP contribution is -2.38. The van der Waals surface area contributed by atoms with Crippen LogP contribution in [0.4, 0.5) is 0 Å². The summed E-state index contributed by atoms with van der Waals surface area (Å²) in [6.45, 7) is 0.0912. The maximum Gasteiger partial charge on any atom is 0.312 e. The van der Waals surface area contributed by atoms with Crippen LogP contribution < -0.4 is 5.32 Å². The summed E-state index contributed by atoms with van der Waals surface area (Å²) in [7, 11) is 0. The van der Waals surface area contributed by atoms with Gasteiger partial charge in [0.05, 0.1) is 11.3 Å². The molecule has 2 aromatic carbocycles. The van der Waals surface area contributed by atoms with Crippen LogP contribution in [0.1, 0.15) is 29.9 Å². The summed E-state index contributed by atoms with van der Waals surface area (Å²) in [6, 6.07) is 16.7. The quantitative estimate of drug-likeness (QED) is 0.797. The van der Waals surface area contributed by atoms with Crippen LogP contribution in [0.25, 0.3) is 0 Å². The second-order valence-electron chi connectivity index (χ2n) is 6.10. The molecule has 0 saturated heterocycles. The Labute approximate surface area is 149 Å². The highest BCUT2D eigenvalue weighted by atomic mass is 79.9. The Balaban J connectivity index is 1.72. The lowest BCUT2D eigenvalue weighted by Gasteiger charge is -2.19. The van der Waals surface area contributed by atoms with Gasteiger partial charge in [0.15, 0.2) is 0 Å². The zero-order valence-electron chi connectivity index (χ0n) is 13.0. The third-order valence-corrected chi connectivity index (χ3v) is 5.02. The second kappa shape index (κ2) is 6.77. The van der Waals surface area contributed by atoms with Gasteiger partial charge >= 0.3 is 5.97 Å². The molecule has 3 rings (SSSR count). The van der Waals surface area contributed by atoms with Crippen molar-refractivity contribution in [1.29, 1.82) is 0 Å². The number of hydrogen-bond donors (Lipinski definition) is 2. The molecule has 5 heteroatoms. The van der Waals surface area contributed by atoms with E-state index in [1.165, 1.54) is 0 Å².